The normalized spacial score (nSPS) is 18.2. The monoisotopic (exact) mass is 483 g/mol. The van der Waals surface area contributed by atoms with Gasteiger partial charge in [0.05, 0.1) is 12.5 Å². The maximum atomic E-state index is 15.3. The number of amides is 2. The van der Waals surface area contributed by atoms with Gasteiger partial charge in [0.15, 0.2) is 16.8 Å². The highest BCUT2D eigenvalue weighted by Gasteiger charge is 2.28. The van der Waals surface area contributed by atoms with E-state index in [1.165, 1.54) is 11.8 Å². The van der Waals surface area contributed by atoms with E-state index in [1.807, 2.05) is 4.90 Å². The van der Waals surface area contributed by atoms with Crippen LogP contribution in [0.5, 0.6) is 0 Å². The fraction of sp³-hybridized carbons (Fsp3) is 0.714. The first-order valence-electron chi connectivity index (χ1n) is 11.5. The zero-order valence-corrected chi connectivity index (χ0v) is 20.1. The van der Waals surface area contributed by atoms with Crippen molar-refractivity contribution in [2.24, 2.45) is 11.8 Å². The first kappa shape index (κ1) is 25.4. The number of halogens is 1. The van der Waals surface area contributed by atoms with Crippen LogP contribution in [-0.2, 0) is 9.59 Å². The summed E-state index contributed by atoms with van der Waals surface area (Å²) < 4.78 is 15.3. The summed E-state index contributed by atoms with van der Waals surface area (Å²) in [6, 6.07) is 0. The molecule has 1 aliphatic carbocycles. The molecule has 0 radical (unpaired) electrons. The van der Waals surface area contributed by atoms with Crippen LogP contribution in [0, 0.1) is 17.7 Å². The van der Waals surface area contributed by atoms with Gasteiger partial charge in [0.1, 0.15) is 0 Å². The Bertz CT molecular complexity index is 804. The molecule has 2 amide bonds. The minimum absolute atomic E-state index is 0.105. The largest absolute Gasteiger partial charge is 0.351 e. The lowest BCUT2D eigenvalue weighted by molar-refractivity contribution is -0.154. The molecule has 3 rings (SSSR count). The number of carbonyl (C=O) groups excluding carboxylic acids is 2. The molecule has 184 valence electrons. The molecular weight excluding hydrogens is 449 g/mol. The molecule has 1 aromatic rings. The van der Waals surface area contributed by atoms with Crippen molar-refractivity contribution in [3.63, 3.8) is 0 Å². The molecule has 0 bridgehead atoms. The summed E-state index contributed by atoms with van der Waals surface area (Å²) in [7, 11) is 0. The Kier molecular flexibility index (Phi) is 9.51. The molecule has 1 saturated carbocycles. The molecule has 2 fully saturated rings. The number of hydrogen-bond acceptors (Lipinski definition) is 9. The van der Waals surface area contributed by atoms with Crippen LogP contribution in [0.1, 0.15) is 39.0 Å². The number of piperazine rings is 1. The molecule has 2 aliphatic rings. The zero-order valence-electron chi connectivity index (χ0n) is 19.3. The number of hydroxylamine groups is 2. The third-order valence-electron chi connectivity index (χ3n) is 6.41. The predicted molar refractivity (Wildman–Crippen MR) is 124 cm³/mol. The Morgan fingerprint density at radius 3 is 2.61 bits per heavy atom. The minimum atomic E-state index is -0.623. The van der Waals surface area contributed by atoms with Gasteiger partial charge < -0.3 is 9.80 Å². The van der Waals surface area contributed by atoms with Crippen LogP contribution in [0.2, 0.25) is 0 Å². The van der Waals surface area contributed by atoms with Gasteiger partial charge in [-0.2, -0.15) is 4.39 Å². The standard InChI is InChI=1S/C21H34FN7O3S/c1-3-27-8-10-28(11-9-27)19-17(22)18(23-21(24-19)33-2)25-26-20(31)16(13-29(32)14-30)12-15-6-4-5-7-15/h14-16,32H,3-13H2,1-2H3,(H,26,31)(H,23,24,25)/t16-/m1/s1. The lowest BCUT2D eigenvalue weighted by Gasteiger charge is -2.35. The fourth-order valence-corrected chi connectivity index (χ4v) is 4.84. The van der Waals surface area contributed by atoms with Gasteiger partial charge in [-0.3, -0.25) is 25.6 Å². The average Bonchev–Trinajstić information content (AvgIpc) is 3.36. The second-order valence-electron chi connectivity index (χ2n) is 8.54. The highest BCUT2D eigenvalue weighted by atomic mass is 32.2. The van der Waals surface area contributed by atoms with Crippen molar-refractivity contribution in [2.45, 2.75) is 44.2 Å². The molecule has 1 aliphatic heterocycles. The Balaban J connectivity index is 1.70. The van der Waals surface area contributed by atoms with E-state index in [-0.39, 0.29) is 24.6 Å². The zero-order chi connectivity index (χ0) is 23.8. The molecule has 33 heavy (non-hydrogen) atoms. The first-order chi connectivity index (χ1) is 15.9. The number of aromatic nitrogens is 2. The van der Waals surface area contributed by atoms with Gasteiger partial charge in [0, 0.05) is 26.2 Å². The molecule has 12 heteroatoms. The van der Waals surface area contributed by atoms with Crippen LogP contribution in [0.3, 0.4) is 0 Å². The number of rotatable bonds is 11. The minimum Gasteiger partial charge on any atom is -0.351 e. The van der Waals surface area contributed by atoms with Crippen LogP contribution in [0.4, 0.5) is 16.0 Å². The van der Waals surface area contributed by atoms with Crippen molar-refractivity contribution in [1.29, 1.82) is 0 Å². The first-order valence-corrected chi connectivity index (χ1v) is 12.7. The van der Waals surface area contributed by atoms with Crippen LogP contribution in [-0.4, -0.2) is 83.0 Å². The fourth-order valence-electron chi connectivity index (χ4n) is 4.48. The number of nitrogens with one attached hydrogen (secondary N) is 2. The Hall–Kier alpha value is -2.18. The van der Waals surface area contributed by atoms with Crippen molar-refractivity contribution < 1.29 is 19.2 Å². The number of hydrogen-bond donors (Lipinski definition) is 3. The summed E-state index contributed by atoms with van der Waals surface area (Å²) in [5, 5.41) is 10.5. The van der Waals surface area contributed by atoms with E-state index in [1.54, 1.807) is 6.26 Å². The molecule has 3 N–H and O–H groups in total. The lowest BCUT2D eigenvalue weighted by Crippen LogP contribution is -2.47. The van der Waals surface area contributed by atoms with Crippen molar-refractivity contribution in [1.82, 2.24) is 25.4 Å². The number of thioether (sulfide) groups is 1. The molecule has 1 saturated heterocycles. The van der Waals surface area contributed by atoms with Gasteiger partial charge in [-0.05, 0) is 25.1 Å². The van der Waals surface area contributed by atoms with Gasteiger partial charge in [-0.15, -0.1) is 0 Å². The molecule has 0 aromatic carbocycles. The van der Waals surface area contributed by atoms with E-state index >= 15 is 4.39 Å². The summed E-state index contributed by atoms with van der Waals surface area (Å²) in [6.45, 7) is 5.89. The molecular formula is C21H34FN7O3S. The molecule has 0 spiro atoms. The maximum Gasteiger partial charge on any atom is 0.243 e. The van der Waals surface area contributed by atoms with Crippen LogP contribution in [0.15, 0.2) is 5.16 Å². The summed E-state index contributed by atoms with van der Waals surface area (Å²) in [5.41, 5.74) is 5.15. The van der Waals surface area contributed by atoms with Crippen LogP contribution >= 0.6 is 11.8 Å². The summed E-state index contributed by atoms with van der Waals surface area (Å²) in [5.74, 6) is -1.19. The second-order valence-corrected chi connectivity index (χ2v) is 9.32. The van der Waals surface area contributed by atoms with Gasteiger partial charge in [0.25, 0.3) is 0 Å². The van der Waals surface area contributed by atoms with E-state index in [0.717, 1.165) is 45.3 Å². The highest BCUT2D eigenvalue weighted by molar-refractivity contribution is 7.98. The molecule has 2 heterocycles. The number of hydrazine groups is 1. The smallest absolute Gasteiger partial charge is 0.243 e. The predicted octanol–water partition coefficient (Wildman–Crippen LogP) is 1.97. The molecule has 1 atom stereocenters. The summed E-state index contributed by atoms with van der Waals surface area (Å²) in [4.78, 5) is 36.5. The van der Waals surface area contributed by atoms with Gasteiger partial charge >= 0.3 is 0 Å². The number of nitrogens with zero attached hydrogens (tertiary/aromatic N) is 5. The Morgan fingerprint density at radius 2 is 2.00 bits per heavy atom. The number of anilines is 2. The van der Waals surface area contributed by atoms with Gasteiger partial charge in [0.2, 0.25) is 18.1 Å². The Labute approximate surface area is 198 Å². The van der Waals surface area contributed by atoms with E-state index in [9.17, 15) is 14.8 Å². The summed E-state index contributed by atoms with van der Waals surface area (Å²) >= 11 is 1.29. The van der Waals surface area contributed by atoms with Crippen molar-refractivity contribution in [3.05, 3.63) is 5.82 Å². The quantitative estimate of drug-likeness (QED) is 0.143. The summed E-state index contributed by atoms with van der Waals surface area (Å²) in [6.07, 6.45) is 6.92. The molecule has 0 unspecified atom stereocenters. The third kappa shape index (κ3) is 6.90. The number of carbonyl (C=O) groups is 2. The van der Waals surface area contributed by atoms with E-state index in [2.05, 4.69) is 32.6 Å². The van der Waals surface area contributed by atoms with Crippen molar-refractivity contribution >= 4 is 35.7 Å². The third-order valence-corrected chi connectivity index (χ3v) is 6.96. The van der Waals surface area contributed by atoms with Crippen LogP contribution < -0.4 is 15.8 Å². The SMILES string of the molecule is CCN1CCN(c2nc(SC)nc(NNC(=O)[C@H](CC3CCCC3)CN(O)C=O)c2F)CC1. The van der Waals surface area contributed by atoms with Gasteiger partial charge in [-0.1, -0.05) is 44.4 Å². The van der Waals surface area contributed by atoms with Crippen molar-refractivity contribution in [3.8, 4) is 0 Å². The number of likely N-dealkylation sites (N-methyl/N-ethyl adjacent to an activating group) is 1. The van der Waals surface area contributed by atoms with E-state index < -0.39 is 17.6 Å². The molecule has 10 nitrogen and oxygen atoms in total. The maximum absolute atomic E-state index is 15.3. The highest BCUT2D eigenvalue weighted by Crippen LogP contribution is 2.31. The average molecular weight is 484 g/mol. The van der Waals surface area contributed by atoms with E-state index in [4.69, 9.17) is 0 Å². The van der Waals surface area contributed by atoms with Crippen LogP contribution in [0.25, 0.3) is 0 Å². The van der Waals surface area contributed by atoms with Crippen molar-refractivity contribution in [2.75, 3.05) is 55.9 Å². The second kappa shape index (κ2) is 12.3. The molecule has 1 aromatic heterocycles. The topological polar surface area (TPSA) is 114 Å². The van der Waals surface area contributed by atoms with Gasteiger partial charge in [-0.25, -0.2) is 15.0 Å². The van der Waals surface area contributed by atoms with E-state index in [0.29, 0.717) is 35.6 Å². The Morgan fingerprint density at radius 1 is 1.30 bits per heavy atom. The lowest BCUT2D eigenvalue weighted by atomic mass is 9.92.